The molecule has 0 aliphatic heterocycles. The minimum Gasteiger partial charge on any atom is -0.382 e. The van der Waals surface area contributed by atoms with Crippen LogP contribution in [0, 0.1) is 11.6 Å². The molecule has 1 N–H and O–H groups in total. The first-order chi connectivity index (χ1) is 8.93. The van der Waals surface area contributed by atoms with Crippen molar-refractivity contribution in [3.63, 3.8) is 0 Å². The smallest absolute Gasteiger partial charge is 0.137 e. The Kier molecular flexibility index (Phi) is 3.82. The highest BCUT2D eigenvalue weighted by molar-refractivity contribution is 6.21. The fourth-order valence-electron chi connectivity index (χ4n) is 1.82. The second-order valence-corrected chi connectivity index (χ2v) is 4.91. The summed E-state index contributed by atoms with van der Waals surface area (Å²) in [6.45, 7) is 1.38. The molecule has 0 radical (unpaired) electrons. The molecule has 0 unspecified atom stereocenters. The molecule has 0 saturated heterocycles. The van der Waals surface area contributed by atoms with Crippen LogP contribution in [0.3, 0.4) is 0 Å². The van der Waals surface area contributed by atoms with Gasteiger partial charge in [0, 0.05) is 5.56 Å². The van der Waals surface area contributed by atoms with Gasteiger partial charge in [-0.05, 0) is 25.1 Å². The van der Waals surface area contributed by atoms with Crippen LogP contribution in [0.15, 0.2) is 30.9 Å². The van der Waals surface area contributed by atoms with Gasteiger partial charge >= 0.3 is 0 Å². The van der Waals surface area contributed by atoms with Gasteiger partial charge in [0.1, 0.15) is 29.9 Å². The molecule has 1 aromatic carbocycles. The maximum absolute atomic E-state index is 13.8. The summed E-state index contributed by atoms with van der Waals surface area (Å²) < 4.78 is 28.4. The van der Waals surface area contributed by atoms with E-state index < -0.39 is 22.6 Å². The zero-order chi connectivity index (χ0) is 14.0. The number of alkyl halides is 1. The van der Waals surface area contributed by atoms with Gasteiger partial charge in [-0.2, -0.15) is 5.10 Å². The highest BCUT2D eigenvalue weighted by Gasteiger charge is 2.38. The fourth-order valence-corrected chi connectivity index (χ4v) is 2.00. The normalized spacial score (nSPS) is 16.1. The largest absolute Gasteiger partial charge is 0.382 e. The zero-order valence-electron chi connectivity index (χ0n) is 10.1. The van der Waals surface area contributed by atoms with E-state index in [2.05, 4.69) is 10.1 Å². The molecule has 2 rings (SSSR count). The Hall–Kier alpha value is -1.53. The van der Waals surface area contributed by atoms with E-state index in [4.69, 9.17) is 11.6 Å². The second kappa shape index (κ2) is 5.22. The summed E-state index contributed by atoms with van der Waals surface area (Å²) in [4.78, 5) is 3.73. The molecule has 7 heteroatoms. The molecular formula is C12H12ClF2N3O. The Labute approximate surface area is 113 Å². The third kappa shape index (κ3) is 2.74. The van der Waals surface area contributed by atoms with Crippen LogP contribution in [0.2, 0.25) is 0 Å². The highest BCUT2D eigenvalue weighted by Crippen LogP contribution is 2.32. The van der Waals surface area contributed by atoms with Crippen molar-refractivity contribution in [3.05, 3.63) is 48.1 Å². The number of halogens is 3. The number of aliphatic hydroxyl groups is 1. The topological polar surface area (TPSA) is 50.9 Å². The molecule has 0 saturated carbocycles. The van der Waals surface area contributed by atoms with Gasteiger partial charge in [0.05, 0.1) is 11.9 Å². The Balaban J connectivity index is 2.46. The number of hydrogen-bond donors (Lipinski definition) is 1. The van der Waals surface area contributed by atoms with Crippen molar-refractivity contribution < 1.29 is 13.9 Å². The molecule has 0 aliphatic carbocycles. The van der Waals surface area contributed by atoms with E-state index in [-0.39, 0.29) is 12.1 Å². The lowest BCUT2D eigenvalue weighted by molar-refractivity contribution is 0.0111. The Morgan fingerprint density at radius 2 is 2.21 bits per heavy atom. The first kappa shape index (κ1) is 13.9. The number of benzene rings is 1. The zero-order valence-corrected chi connectivity index (χ0v) is 10.8. The maximum Gasteiger partial charge on any atom is 0.137 e. The Bertz CT molecular complexity index is 562. The van der Waals surface area contributed by atoms with Crippen LogP contribution in [-0.4, -0.2) is 25.2 Å². The summed E-state index contributed by atoms with van der Waals surface area (Å²) in [6, 6.07) is 2.87. The standard InChI is InChI=1S/C12H12ClF2N3O/c1-8(13)12(19,5-18-7-16-6-17-18)10-4-9(14)2-3-11(10)15/h2-4,6-8,19H,5H2,1H3/t8-,12-/m1/s1. The van der Waals surface area contributed by atoms with Crippen LogP contribution in [0.4, 0.5) is 8.78 Å². The van der Waals surface area contributed by atoms with E-state index in [1.165, 1.54) is 24.3 Å². The predicted molar refractivity (Wildman–Crippen MR) is 65.6 cm³/mol. The molecule has 0 aliphatic rings. The Morgan fingerprint density at radius 1 is 1.47 bits per heavy atom. The first-order valence-electron chi connectivity index (χ1n) is 5.58. The van der Waals surface area contributed by atoms with Gasteiger partial charge in [0.25, 0.3) is 0 Å². The molecule has 1 heterocycles. The van der Waals surface area contributed by atoms with Crippen LogP contribution < -0.4 is 0 Å². The van der Waals surface area contributed by atoms with Crippen molar-refractivity contribution in [1.82, 2.24) is 14.8 Å². The Morgan fingerprint density at radius 3 is 2.79 bits per heavy atom. The first-order valence-corrected chi connectivity index (χ1v) is 6.01. The summed E-state index contributed by atoms with van der Waals surface area (Å²) >= 11 is 5.96. The van der Waals surface area contributed by atoms with E-state index in [1.807, 2.05) is 0 Å². The van der Waals surface area contributed by atoms with Crippen molar-refractivity contribution in [1.29, 1.82) is 0 Å². The molecule has 4 nitrogen and oxygen atoms in total. The van der Waals surface area contributed by atoms with Gasteiger partial charge in [-0.25, -0.2) is 18.4 Å². The summed E-state index contributed by atoms with van der Waals surface area (Å²) in [5, 5.41) is 13.6. The van der Waals surface area contributed by atoms with Gasteiger partial charge in [-0.1, -0.05) is 0 Å². The third-order valence-electron chi connectivity index (χ3n) is 2.92. The average molecular weight is 288 g/mol. The molecule has 0 fully saturated rings. The SMILES string of the molecule is C[C@@H](Cl)[C@](O)(Cn1cncn1)c1cc(F)ccc1F. The van der Waals surface area contributed by atoms with E-state index in [1.54, 1.807) is 0 Å². The van der Waals surface area contributed by atoms with Crippen molar-refractivity contribution in [2.45, 2.75) is 24.4 Å². The molecule has 0 amide bonds. The van der Waals surface area contributed by atoms with Crippen LogP contribution in [0.25, 0.3) is 0 Å². The van der Waals surface area contributed by atoms with Crippen molar-refractivity contribution in [3.8, 4) is 0 Å². The van der Waals surface area contributed by atoms with Crippen LogP contribution >= 0.6 is 11.6 Å². The molecule has 2 aromatic rings. The summed E-state index contributed by atoms with van der Waals surface area (Å²) in [7, 11) is 0. The van der Waals surface area contributed by atoms with E-state index in [0.29, 0.717) is 0 Å². The quantitative estimate of drug-likeness (QED) is 0.876. The van der Waals surface area contributed by atoms with Gasteiger partial charge in [-0.15, -0.1) is 11.6 Å². The number of aromatic nitrogens is 3. The second-order valence-electron chi connectivity index (χ2n) is 4.26. The number of rotatable bonds is 4. The summed E-state index contributed by atoms with van der Waals surface area (Å²) in [5.41, 5.74) is -1.99. The summed E-state index contributed by atoms with van der Waals surface area (Å²) in [5.74, 6) is -1.37. The summed E-state index contributed by atoms with van der Waals surface area (Å²) in [6.07, 6.45) is 2.64. The van der Waals surface area contributed by atoms with E-state index >= 15 is 0 Å². The van der Waals surface area contributed by atoms with Crippen molar-refractivity contribution >= 4 is 11.6 Å². The van der Waals surface area contributed by atoms with E-state index in [9.17, 15) is 13.9 Å². The predicted octanol–water partition coefficient (Wildman–Crippen LogP) is 2.07. The minimum atomic E-state index is -1.79. The van der Waals surface area contributed by atoms with Gasteiger partial charge in [-0.3, -0.25) is 0 Å². The van der Waals surface area contributed by atoms with Crippen LogP contribution in [0.1, 0.15) is 12.5 Å². The minimum absolute atomic E-state index is 0.127. The van der Waals surface area contributed by atoms with Gasteiger partial charge in [0.15, 0.2) is 0 Å². The highest BCUT2D eigenvalue weighted by atomic mass is 35.5. The van der Waals surface area contributed by atoms with E-state index in [0.717, 1.165) is 18.2 Å². The third-order valence-corrected chi connectivity index (χ3v) is 3.28. The molecule has 2 atom stereocenters. The lowest BCUT2D eigenvalue weighted by atomic mass is 9.90. The van der Waals surface area contributed by atoms with Crippen LogP contribution in [-0.2, 0) is 12.1 Å². The molecule has 102 valence electrons. The molecular weight excluding hydrogens is 276 g/mol. The monoisotopic (exact) mass is 287 g/mol. The lowest BCUT2D eigenvalue weighted by Gasteiger charge is -2.31. The molecule has 1 aromatic heterocycles. The maximum atomic E-state index is 13.8. The van der Waals surface area contributed by atoms with Gasteiger partial charge < -0.3 is 5.11 Å². The van der Waals surface area contributed by atoms with Gasteiger partial charge in [0.2, 0.25) is 0 Å². The fraction of sp³-hybridized carbons (Fsp3) is 0.333. The lowest BCUT2D eigenvalue weighted by Crippen LogP contribution is -2.40. The molecule has 19 heavy (non-hydrogen) atoms. The van der Waals surface area contributed by atoms with Crippen LogP contribution in [0.5, 0.6) is 0 Å². The number of nitrogens with zero attached hydrogens (tertiary/aromatic N) is 3. The molecule has 0 bridgehead atoms. The molecule has 0 spiro atoms. The average Bonchev–Trinajstić information content (AvgIpc) is 2.84. The number of hydrogen-bond acceptors (Lipinski definition) is 3. The van der Waals surface area contributed by atoms with Crippen molar-refractivity contribution in [2.24, 2.45) is 0 Å². The van der Waals surface area contributed by atoms with Crippen molar-refractivity contribution in [2.75, 3.05) is 0 Å².